The van der Waals surface area contributed by atoms with Crippen molar-refractivity contribution >= 4 is 38.3 Å². The first-order valence-electron chi connectivity index (χ1n) is 7.98. The second-order valence-electron chi connectivity index (χ2n) is 6.33. The molecular formula is C17H17N5O3S. The highest BCUT2D eigenvalue weighted by Crippen LogP contribution is 2.30. The average Bonchev–Trinajstić information content (AvgIpc) is 3.03. The van der Waals surface area contributed by atoms with Gasteiger partial charge in [0.25, 0.3) is 10.0 Å². The molecule has 1 N–H and O–H groups in total. The number of carbonyl (C=O) groups excluding carboxylic acids is 1. The average molecular weight is 371 g/mol. The molecule has 9 heteroatoms. The molecule has 0 fully saturated rings. The Morgan fingerprint density at radius 2 is 1.96 bits per heavy atom. The number of pyridine rings is 1. The summed E-state index contributed by atoms with van der Waals surface area (Å²) in [5.74, 6) is -0.0517. The lowest BCUT2D eigenvalue weighted by Crippen LogP contribution is -2.20. The maximum Gasteiger partial charge on any atom is 0.261 e. The van der Waals surface area contributed by atoms with Crippen LogP contribution in [0.2, 0.25) is 0 Å². The van der Waals surface area contributed by atoms with Crippen LogP contribution in [0.15, 0.2) is 35.4 Å². The molecule has 2 aromatic heterocycles. The summed E-state index contributed by atoms with van der Waals surface area (Å²) in [7, 11) is -0.327. The van der Waals surface area contributed by atoms with Crippen molar-refractivity contribution in [2.45, 2.75) is 18.2 Å². The number of fused-ring (bicyclic) bond motifs is 2. The van der Waals surface area contributed by atoms with Crippen molar-refractivity contribution in [1.82, 2.24) is 14.8 Å². The summed E-state index contributed by atoms with van der Waals surface area (Å²) in [6.45, 7) is 1.84. The number of carbonyl (C=O) groups is 1. The van der Waals surface area contributed by atoms with Crippen molar-refractivity contribution in [3.8, 4) is 0 Å². The van der Waals surface area contributed by atoms with Crippen LogP contribution in [0.4, 0.5) is 11.4 Å². The van der Waals surface area contributed by atoms with E-state index >= 15 is 0 Å². The molecule has 4 rings (SSSR count). The topological polar surface area (TPSA) is 97.2 Å². The number of aryl methyl sites for hydroxylation is 2. The van der Waals surface area contributed by atoms with Crippen LogP contribution in [0.5, 0.6) is 0 Å². The van der Waals surface area contributed by atoms with Crippen LogP contribution in [-0.4, -0.2) is 36.1 Å². The molecule has 1 aliphatic heterocycles. The fraction of sp³-hybridized carbons (Fsp3) is 0.235. The van der Waals surface area contributed by atoms with E-state index in [-0.39, 0.29) is 17.2 Å². The van der Waals surface area contributed by atoms with E-state index in [9.17, 15) is 13.2 Å². The third kappa shape index (κ3) is 2.51. The minimum absolute atomic E-state index is 0.0517. The van der Waals surface area contributed by atoms with Crippen molar-refractivity contribution in [2.24, 2.45) is 7.05 Å². The molecule has 0 saturated carbocycles. The van der Waals surface area contributed by atoms with Crippen LogP contribution in [0.3, 0.4) is 0 Å². The van der Waals surface area contributed by atoms with Gasteiger partial charge >= 0.3 is 0 Å². The zero-order valence-electron chi connectivity index (χ0n) is 14.5. The largest absolute Gasteiger partial charge is 0.315 e. The Kier molecular flexibility index (Phi) is 3.52. The van der Waals surface area contributed by atoms with E-state index in [1.165, 1.54) is 17.2 Å². The van der Waals surface area contributed by atoms with E-state index in [0.29, 0.717) is 16.9 Å². The number of aromatic nitrogens is 3. The Labute approximate surface area is 150 Å². The molecule has 0 bridgehead atoms. The second-order valence-corrected chi connectivity index (χ2v) is 8.01. The van der Waals surface area contributed by atoms with E-state index in [1.54, 1.807) is 37.0 Å². The third-order valence-electron chi connectivity index (χ3n) is 4.55. The quantitative estimate of drug-likeness (QED) is 0.754. The zero-order chi connectivity index (χ0) is 18.6. The first-order chi connectivity index (χ1) is 12.3. The lowest BCUT2D eigenvalue weighted by atomic mass is 10.2. The lowest BCUT2D eigenvalue weighted by molar-refractivity contribution is -0.117. The summed E-state index contributed by atoms with van der Waals surface area (Å²) < 4.78 is 29.7. The van der Waals surface area contributed by atoms with Gasteiger partial charge in [0.15, 0.2) is 5.65 Å². The summed E-state index contributed by atoms with van der Waals surface area (Å²) in [5, 5.41) is 5.07. The van der Waals surface area contributed by atoms with Crippen molar-refractivity contribution < 1.29 is 13.2 Å². The predicted octanol–water partition coefficient (Wildman–Crippen LogP) is 1.60. The van der Waals surface area contributed by atoms with Gasteiger partial charge in [0, 0.05) is 25.2 Å². The zero-order valence-corrected chi connectivity index (χ0v) is 15.3. The molecule has 0 radical (unpaired) electrons. The molecule has 3 aromatic rings. The molecule has 1 aliphatic rings. The second kappa shape index (κ2) is 5.53. The van der Waals surface area contributed by atoms with Gasteiger partial charge in [-0.15, -0.1) is 0 Å². The van der Waals surface area contributed by atoms with E-state index < -0.39 is 10.0 Å². The van der Waals surface area contributed by atoms with Crippen molar-refractivity contribution in [3.05, 3.63) is 41.7 Å². The minimum Gasteiger partial charge on any atom is -0.315 e. The Morgan fingerprint density at radius 3 is 2.73 bits per heavy atom. The molecule has 1 aromatic carbocycles. The van der Waals surface area contributed by atoms with E-state index in [1.807, 2.05) is 6.92 Å². The number of benzene rings is 1. The van der Waals surface area contributed by atoms with Crippen LogP contribution < -0.4 is 9.62 Å². The van der Waals surface area contributed by atoms with Crippen LogP contribution in [0.1, 0.15) is 11.3 Å². The van der Waals surface area contributed by atoms with Gasteiger partial charge in [0.05, 0.1) is 28.9 Å². The fourth-order valence-corrected chi connectivity index (χ4v) is 4.28. The normalized spacial score (nSPS) is 14.1. The maximum atomic E-state index is 12.7. The summed E-state index contributed by atoms with van der Waals surface area (Å²) in [4.78, 5) is 17.7. The number of anilines is 2. The van der Waals surface area contributed by atoms with Crippen molar-refractivity contribution in [3.63, 3.8) is 0 Å². The highest BCUT2D eigenvalue weighted by atomic mass is 32.2. The standard InChI is InChI=1S/C17H17N5O3S/c1-10-14-8-12(9-18-17(14)22(3)19-10)20-26(24,25)13-4-5-15-11(6-13)7-16(23)21(15)2/h4-6,8-9,20H,7H2,1-3H3. The van der Waals surface area contributed by atoms with Gasteiger partial charge in [-0.3, -0.25) is 14.2 Å². The smallest absolute Gasteiger partial charge is 0.261 e. The van der Waals surface area contributed by atoms with Gasteiger partial charge in [-0.1, -0.05) is 0 Å². The number of hydrogen-bond donors (Lipinski definition) is 1. The lowest BCUT2D eigenvalue weighted by Gasteiger charge is -2.12. The molecule has 0 atom stereocenters. The SMILES string of the molecule is Cc1nn(C)c2ncc(NS(=O)(=O)c3ccc4c(c3)CC(=O)N4C)cc12. The van der Waals surface area contributed by atoms with Gasteiger partial charge in [-0.05, 0) is 36.8 Å². The molecule has 26 heavy (non-hydrogen) atoms. The molecule has 3 heterocycles. The van der Waals surface area contributed by atoms with Crippen molar-refractivity contribution in [1.29, 1.82) is 0 Å². The third-order valence-corrected chi connectivity index (χ3v) is 5.93. The highest BCUT2D eigenvalue weighted by Gasteiger charge is 2.26. The van der Waals surface area contributed by atoms with Crippen molar-refractivity contribution in [2.75, 3.05) is 16.7 Å². The summed E-state index contributed by atoms with van der Waals surface area (Å²) >= 11 is 0. The fourth-order valence-electron chi connectivity index (χ4n) is 3.19. The van der Waals surface area contributed by atoms with Gasteiger partial charge in [-0.2, -0.15) is 5.10 Å². The Morgan fingerprint density at radius 1 is 1.19 bits per heavy atom. The number of nitrogens with zero attached hydrogens (tertiary/aromatic N) is 4. The molecule has 0 saturated heterocycles. The molecular weight excluding hydrogens is 354 g/mol. The molecule has 8 nitrogen and oxygen atoms in total. The highest BCUT2D eigenvalue weighted by molar-refractivity contribution is 7.92. The Balaban J connectivity index is 1.69. The minimum atomic E-state index is -3.79. The summed E-state index contributed by atoms with van der Waals surface area (Å²) in [6, 6.07) is 6.41. The summed E-state index contributed by atoms with van der Waals surface area (Å²) in [6.07, 6.45) is 1.67. The molecule has 134 valence electrons. The van der Waals surface area contributed by atoms with Gasteiger partial charge in [-0.25, -0.2) is 13.4 Å². The predicted molar refractivity (Wildman–Crippen MR) is 97.6 cm³/mol. The number of amides is 1. The summed E-state index contributed by atoms with van der Waals surface area (Å²) in [5.41, 5.74) is 3.27. The molecule has 0 aliphatic carbocycles. The number of hydrogen-bond acceptors (Lipinski definition) is 5. The number of nitrogens with one attached hydrogen (secondary N) is 1. The van der Waals surface area contributed by atoms with Crippen LogP contribution in [-0.2, 0) is 28.3 Å². The monoisotopic (exact) mass is 371 g/mol. The van der Waals surface area contributed by atoms with E-state index in [0.717, 1.165) is 16.8 Å². The number of sulfonamides is 1. The Bertz CT molecular complexity index is 1170. The number of likely N-dealkylation sites (N-methyl/N-ethyl adjacent to an activating group) is 1. The van der Waals surface area contributed by atoms with Crippen LogP contribution >= 0.6 is 0 Å². The molecule has 0 unspecified atom stereocenters. The van der Waals surface area contributed by atoms with Gasteiger partial charge in [0.1, 0.15) is 0 Å². The Hall–Kier alpha value is -2.94. The number of rotatable bonds is 3. The van der Waals surface area contributed by atoms with Crippen LogP contribution in [0.25, 0.3) is 11.0 Å². The van der Waals surface area contributed by atoms with Crippen LogP contribution in [0, 0.1) is 6.92 Å². The maximum absolute atomic E-state index is 12.7. The first kappa shape index (κ1) is 16.5. The van der Waals surface area contributed by atoms with E-state index in [2.05, 4.69) is 14.8 Å². The molecule has 1 amide bonds. The van der Waals surface area contributed by atoms with Gasteiger partial charge in [0.2, 0.25) is 5.91 Å². The van der Waals surface area contributed by atoms with E-state index in [4.69, 9.17) is 0 Å². The van der Waals surface area contributed by atoms with Gasteiger partial charge < -0.3 is 4.90 Å². The molecule has 0 spiro atoms. The first-order valence-corrected chi connectivity index (χ1v) is 9.46.